The maximum atomic E-state index is 11.9. The Morgan fingerprint density at radius 3 is 2.89 bits per heavy atom. The number of hydrogen-bond acceptors (Lipinski definition) is 4. The van der Waals surface area contributed by atoms with Gasteiger partial charge in [0.05, 0.1) is 18.0 Å². The lowest BCUT2D eigenvalue weighted by Crippen LogP contribution is -2.41. The predicted molar refractivity (Wildman–Crippen MR) is 73.9 cm³/mol. The van der Waals surface area contributed by atoms with E-state index in [1.807, 2.05) is 13.8 Å². The molecular weight excluding hydrogens is 298 g/mol. The van der Waals surface area contributed by atoms with Crippen LogP contribution in [0.3, 0.4) is 0 Å². The van der Waals surface area contributed by atoms with E-state index in [2.05, 4.69) is 26.3 Å². The van der Waals surface area contributed by atoms with Crippen LogP contribution in [0.1, 0.15) is 26.7 Å². The molecule has 1 aliphatic rings. The molecule has 1 aromatic rings. The van der Waals surface area contributed by atoms with Crippen LogP contribution >= 0.6 is 15.9 Å². The molecule has 0 saturated heterocycles. The summed E-state index contributed by atoms with van der Waals surface area (Å²) in [6, 6.07) is 0.372. The number of anilines is 1. The Balaban J connectivity index is 1.99. The molecule has 0 aromatic carbocycles. The fourth-order valence-corrected chi connectivity index (χ4v) is 2.49. The maximum absolute atomic E-state index is 11.9. The van der Waals surface area contributed by atoms with Crippen molar-refractivity contribution in [1.29, 1.82) is 0 Å². The van der Waals surface area contributed by atoms with Crippen molar-refractivity contribution in [3.8, 4) is 0 Å². The molecule has 0 aliphatic heterocycles. The third kappa shape index (κ3) is 2.75. The number of ether oxygens (including phenoxy) is 1. The average molecular weight is 316 g/mol. The predicted octanol–water partition coefficient (Wildman–Crippen LogP) is 2.01. The minimum Gasteiger partial charge on any atom is -0.380 e. The molecule has 0 spiro atoms. The molecule has 1 saturated carbocycles. The largest absolute Gasteiger partial charge is 0.380 e. The van der Waals surface area contributed by atoms with Gasteiger partial charge in [0.2, 0.25) is 0 Å². The molecule has 18 heavy (non-hydrogen) atoms. The van der Waals surface area contributed by atoms with Crippen molar-refractivity contribution in [3.63, 3.8) is 0 Å². The second-order valence-electron chi connectivity index (χ2n) is 4.38. The topological polar surface area (TPSA) is 56.1 Å². The van der Waals surface area contributed by atoms with Gasteiger partial charge in [-0.05, 0) is 42.6 Å². The summed E-state index contributed by atoms with van der Waals surface area (Å²) in [6.45, 7) is 5.24. The van der Waals surface area contributed by atoms with Gasteiger partial charge in [0.15, 0.2) is 0 Å². The fourth-order valence-electron chi connectivity index (χ4n) is 2.07. The first-order chi connectivity index (χ1) is 8.65. The molecule has 1 fully saturated rings. The van der Waals surface area contributed by atoms with E-state index in [1.165, 1.54) is 4.68 Å². The normalized spacial score (nSPS) is 22.6. The van der Waals surface area contributed by atoms with Crippen LogP contribution in [0.25, 0.3) is 0 Å². The lowest BCUT2D eigenvalue weighted by Gasteiger charge is -2.36. The van der Waals surface area contributed by atoms with Crippen LogP contribution in [-0.2, 0) is 11.3 Å². The van der Waals surface area contributed by atoms with Crippen LogP contribution in [0.4, 0.5) is 5.69 Å². The van der Waals surface area contributed by atoms with Crippen LogP contribution in [0, 0.1) is 0 Å². The van der Waals surface area contributed by atoms with Crippen LogP contribution in [0.2, 0.25) is 0 Å². The fraction of sp³-hybridized carbons (Fsp3) is 0.667. The second kappa shape index (κ2) is 5.84. The van der Waals surface area contributed by atoms with E-state index in [0.717, 1.165) is 25.1 Å². The van der Waals surface area contributed by atoms with E-state index >= 15 is 0 Å². The van der Waals surface area contributed by atoms with Gasteiger partial charge in [-0.15, -0.1) is 0 Å². The standard InChI is InChI=1S/C12H18BrN3O2/c1-3-16-12(17)11(13)10(7-14-16)15-8-5-9(6-8)18-4-2/h7-9,15H,3-6H2,1-2H3. The van der Waals surface area contributed by atoms with E-state index in [1.54, 1.807) is 6.20 Å². The van der Waals surface area contributed by atoms with E-state index in [0.29, 0.717) is 23.2 Å². The van der Waals surface area contributed by atoms with Crippen LogP contribution in [-0.4, -0.2) is 28.5 Å². The quantitative estimate of drug-likeness (QED) is 0.903. The SMILES string of the molecule is CCOC1CC(Nc2cnn(CC)c(=O)c2Br)C1. The number of rotatable bonds is 5. The Hall–Kier alpha value is -0.880. The molecule has 1 N–H and O–H groups in total. The van der Waals surface area contributed by atoms with Crippen molar-refractivity contribution in [2.75, 3.05) is 11.9 Å². The summed E-state index contributed by atoms with van der Waals surface area (Å²) in [4.78, 5) is 11.9. The van der Waals surface area contributed by atoms with E-state index < -0.39 is 0 Å². The highest BCUT2D eigenvalue weighted by atomic mass is 79.9. The summed E-state index contributed by atoms with van der Waals surface area (Å²) in [5, 5.41) is 7.43. The molecule has 5 nitrogen and oxygen atoms in total. The Labute approximate surface area is 115 Å². The third-order valence-corrected chi connectivity index (χ3v) is 3.91. The molecule has 0 atom stereocenters. The van der Waals surface area contributed by atoms with Gasteiger partial charge < -0.3 is 10.1 Å². The third-order valence-electron chi connectivity index (χ3n) is 3.14. The van der Waals surface area contributed by atoms with Crippen LogP contribution in [0.5, 0.6) is 0 Å². The van der Waals surface area contributed by atoms with E-state index in [9.17, 15) is 4.79 Å². The number of nitrogens with one attached hydrogen (secondary N) is 1. The zero-order chi connectivity index (χ0) is 13.1. The van der Waals surface area contributed by atoms with Gasteiger partial charge in [-0.2, -0.15) is 5.10 Å². The molecule has 1 aliphatic carbocycles. The zero-order valence-corrected chi connectivity index (χ0v) is 12.2. The molecule has 0 bridgehead atoms. The molecule has 2 rings (SSSR count). The van der Waals surface area contributed by atoms with Gasteiger partial charge in [0.25, 0.3) is 5.56 Å². The first kappa shape index (κ1) is 13.5. The highest BCUT2D eigenvalue weighted by Gasteiger charge is 2.30. The average Bonchev–Trinajstić information content (AvgIpc) is 2.32. The number of nitrogens with zero attached hydrogens (tertiary/aromatic N) is 2. The van der Waals surface area contributed by atoms with Crippen molar-refractivity contribution < 1.29 is 4.74 Å². The second-order valence-corrected chi connectivity index (χ2v) is 5.18. The van der Waals surface area contributed by atoms with E-state index in [4.69, 9.17) is 4.74 Å². The van der Waals surface area contributed by atoms with Crippen molar-refractivity contribution in [2.24, 2.45) is 0 Å². The summed E-state index contributed by atoms with van der Waals surface area (Å²) in [6.07, 6.45) is 4.02. The first-order valence-electron chi connectivity index (χ1n) is 6.29. The smallest absolute Gasteiger partial charge is 0.283 e. The summed E-state index contributed by atoms with van der Waals surface area (Å²) in [5.74, 6) is 0. The Morgan fingerprint density at radius 1 is 1.56 bits per heavy atom. The number of aryl methyl sites for hydroxylation is 1. The lowest BCUT2D eigenvalue weighted by molar-refractivity contribution is 0.00297. The van der Waals surface area contributed by atoms with E-state index in [-0.39, 0.29) is 5.56 Å². The monoisotopic (exact) mass is 315 g/mol. The minimum atomic E-state index is -0.0943. The van der Waals surface area contributed by atoms with Crippen molar-refractivity contribution in [1.82, 2.24) is 9.78 Å². The van der Waals surface area contributed by atoms with Crippen LogP contribution < -0.4 is 10.9 Å². The lowest BCUT2D eigenvalue weighted by atomic mass is 9.89. The molecule has 0 unspecified atom stereocenters. The Bertz CT molecular complexity index is 469. The van der Waals surface area contributed by atoms with Gasteiger partial charge in [-0.1, -0.05) is 0 Å². The van der Waals surface area contributed by atoms with Crippen molar-refractivity contribution in [2.45, 2.75) is 45.4 Å². The Kier molecular flexibility index (Phi) is 4.40. The molecule has 0 amide bonds. The number of hydrogen-bond donors (Lipinski definition) is 1. The Morgan fingerprint density at radius 2 is 2.28 bits per heavy atom. The molecule has 0 radical (unpaired) electrons. The molecule has 6 heteroatoms. The minimum absolute atomic E-state index is 0.0943. The highest BCUT2D eigenvalue weighted by molar-refractivity contribution is 9.10. The summed E-state index contributed by atoms with van der Waals surface area (Å²) in [5.41, 5.74) is 0.674. The number of halogens is 1. The highest BCUT2D eigenvalue weighted by Crippen LogP contribution is 2.28. The van der Waals surface area contributed by atoms with Gasteiger partial charge in [0.1, 0.15) is 4.47 Å². The van der Waals surface area contributed by atoms with Crippen molar-refractivity contribution >= 4 is 21.6 Å². The molecule has 1 aromatic heterocycles. The summed E-state index contributed by atoms with van der Waals surface area (Å²) < 4.78 is 7.49. The van der Waals surface area contributed by atoms with Crippen molar-refractivity contribution in [3.05, 3.63) is 21.0 Å². The van der Waals surface area contributed by atoms with Crippen LogP contribution in [0.15, 0.2) is 15.5 Å². The molecule has 1 heterocycles. The van der Waals surface area contributed by atoms with Gasteiger partial charge in [-0.25, -0.2) is 4.68 Å². The van der Waals surface area contributed by atoms with Gasteiger partial charge >= 0.3 is 0 Å². The molecular formula is C12H18BrN3O2. The number of aromatic nitrogens is 2. The maximum Gasteiger partial charge on any atom is 0.283 e. The first-order valence-corrected chi connectivity index (χ1v) is 7.08. The summed E-state index contributed by atoms with van der Waals surface area (Å²) in [7, 11) is 0. The van der Waals surface area contributed by atoms with Gasteiger partial charge in [0, 0.05) is 19.2 Å². The molecule has 100 valence electrons. The summed E-state index contributed by atoms with van der Waals surface area (Å²) >= 11 is 3.33. The van der Waals surface area contributed by atoms with Gasteiger partial charge in [-0.3, -0.25) is 4.79 Å². The zero-order valence-electron chi connectivity index (χ0n) is 10.6.